The fourth-order valence-electron chi connectivity index (χ4n) is 0.930. The minimum Gasteiger partial charge on any atom is -0.396 e. The summed E-state index contributed by atoms with van der Waals surface area (Å²) >= 11 is 0. The number of unbranched alkanes of at least 4 members (excludes halogenated alkanes) is 1. The lowest BCUT2D eigenvalue weighted by Crippen LogP contribution is -2.36. The van der Waals surface area contributed by atoms with E-state index in [1.165, 1.54) is 0 Å². The van der Waals surface area contributed by atoms with E-state index in [9.17, 15) is 16.8 Å². The van der Waals surface area contributed by atoms with Gasteiger partial charge in [0.1, 0.15) is 0 Å². The molecule has 0 aliphatic carbocycles. The molecule has 0 fully saturated rings. The number of rotatable bonds is 6. The van der Waals surface area contributed by atoms with Gasteiger partial charge in [0, 0.05) is 13.2 Å². The first-order valence-electron chi connectivity index (χ1n) is 3.98. The maximum Gasteiger partial charge on any atom is 0.224 e. The van der Waals surface area contributed by atoms with Gasteiger partial charge in [0.05, 0.1) is 12.5 Å². The highest BCUT2D eigenvalue weighted by Gasteiger charge is 2.25. The van der Waals surface area contributed by atoms with E-state index < -0.39 is 20.0 Å². The second kappa shape index (κ2) is 5.06. The molecule has 0 unspecified atom stereocenters. The molecule has 8 heteroatoms. The predicted octanol–water partition coefficient (Wildman–Crippen LogP) is -1.02. The third-order valence-corrected chi connectivity index (χ3v) is 4.96. The normalized spacial score (nSPS) is 13.4. The highest BCUT2D eigenvalue weighted by molar-refractivity contribution is 8.03. The molecular formula is C6H15NO5S2. The molecule has 0 spiro atoms. The summed E-state index contributed by atoms with van der Waals surface area (Å²) in [6.07, 6.45) is 2.37. The molecule has 14 heavy (non-hydrogen) atoms. The van der Waals surface area contributed by atoms with Crippen molar-refractivity contribution in [1.82, 2.24) is 3.71 Å². The van der Waals surface area contributed by atoms with Crippen molar-refractivity contribution in [3.8, 4) is 0 Å². The van der Waals surface area contributed by atoms with Gasteiger partial charge in [-0.05, 0) is 12.8 Å². The van der Waals surface area contributed by atoms with Crippen LogP contribution in [0.25, 0.3) is 0 Å². The van der Waals surface area contributed by atoms with Crippen molar-refractivity contribution in [1.29, 1.82) is 0 Å². The Kier molecular flexibility index (Phi) is 4.99. The molecule has 0 amide bonds. The summed E-state index contributed by atoms with van der Waals surface area (Å²) in [6, 6.07) is 0. The molecule has 0 aliphatic rings. The highest BCUT2D eigenvalue weighted by atomic mass is 32.3. The summed E-state index contributed by atoms with van der Waals surface area (Å²) < 4.78 is 44.7. The van der Waals surface area contributed by atoms with Crippen LogP contribution in [0.4, 0.5) is 0 Å². The summed E-state index contributed by atoms with van der Waals surface area (Å²) in [7, 11) is -7.48. The van der Waals surface area contributed by atoms with Crippen molar-refractivity contribution in [2.24, 2.45) is 0 Å². The Labute approximate surface area is 84.6 Å². The van der Waals surface area contributed by atoms with E-state index in [-0.39, 0.29) is 13.2 Å². The van der Waals surface area contributed by atoms with Crippen LogP contribution in [0.5, 0.6) is 0 Å². The smallest absolute Gasteiger partial charge is 0.224 e. The maximum absolute atomic E-state index is 11.1. The van der Waals surface area contributed by atoms with Crippen LogP contribution in [0.1, 0.15) is 12.8 Å². The second-order valence-electron chi connectivity index (χ2n) is 2.95. The third-order valence-electron chi connectivity index (χ3n) is 1.49. The number of aliphatic hydroxyl groups excluding tert-OH is 1. The highest BCUT2D eigenvalue weighted by Crippen LogP contribution is 2.06. The van der Waals surface area contributed by atoms with Crippen LogP contribution in [0.3, 0.4) is 0 Å². The van der Waals surface area contributed by atoms with Gasteiger partial charge in [0.2, 0.25) is 20.0 Å². The number of hydrogen-bond donors (Lipinski definition) is 1. The van der Waals surface area contributed by atoms with Crippen molar-refractivity contribution >= 4 is 20.0 Å². The van der Waals surface area contributed by atoms with Crippen LogP contribution in [0, 0.1) is 0 Å². The SMILES string of the molecule is CS(=O)(=O)N(CCCCO)S(C)(=O)=O. The average molecular weight is 245 g/mol. The van der Waals surface area contributed by atoms with Crippen LogP contribution >= 0.6 is 0 Å². The topological polar surface area (TPSA) is 91.8 Å². The quantitative estimate of drug-likeness (QED) is 0.605. The Morgan fingerprint density at radius 1 is 1.00 bits per heavy atom. The number of nitrogens with zero attached hydrogens (tertiary/aromatic N) is 1. The lowest BCUT2D eigenvalue weighted by Gasteiger charge is -2.16. The molecule has 0 aromatic rings. The van der Waals surface area contributed by atoms with Gasteiger partial charge >= 0.3 is 0 Å². The minimum absolute atomic E-state index is 0.0820. The fourth-order valence-corrected chi connectivity index (χ4v) is 3.82. The monoisotopic (exact) mass is 245 g/mol. The second-order valence-corrected chi connectivity index (χ2v) is 7.00. The molecule has 0 rings (SSSR count). The van der Waals surface area contributed by atoms with Gasteiger partial charge in [-0.15, -0.1) is 0 Å². The van der Waals surface area contributed by atoms with Crippen LogP contribution in [-0.2, 0) is 20.0 Å². The lowest BCUT2D eigenvalue weighted by molar-refractivity contribution is 0.282. The van der Waals surface area contributed by atoms with Crippen LogP contribution in [0.2, 0.25) is 0 Å². The molecule has 0 saturated carbocycles. The van der Waals surface area contributed by atoms with Crippen LogP contribution in [0.15, 0.2) is 0 Å². The molecular weight excluding hydrogens is 230 g/mol. The molecule has 0 atom stereocenters. The van der Waals surface area contributed by atoms with Crippen LogP contribution < -0.4 is 0 Å². The molecule has 1 N–H and O–H groups in total. The van der Waals surface area contributed by atoms with Crippen molar-refractivity contribution in [2.45, 2.75) is 12.8 Å². The summed E-state index contributed by atoms with van der Waals surface area (Å²) in [5, 5.41) is 8.47. The average Bonchev–Trinajstić information content (AvgIpc) is 1.92. The van der Waals surface area contributed by atoms with Gasteiger partial charge in [-0.3, -0.25) is 0 Å². The van der Waals surface area contributed by atoms with E-state index >= 15 is 0 Å². The van der Waals surface area contributed by atoms with Crippen molar-refractivity contribution in [3.63, 3.8) is 0 Å². The third kappa shape index (κ3) is 4.89. The van der Waals surface area contributed by atoms with E-state index in [4.69, 9.17) is 5.11 Å². The maximum atomic E-state index is 11.1. The summed E-state index contributed by atoms with van der Waals surface area (Å²) in [6.45, 7) is -0.195. The number of sulfonamides is 2. The van der Waals surface area contributed by atoms with E-state index in [1.807, 2.05) is 0 Å². The zero-order valence-electron chi connectivity index (χ0n) is 8.17. The minimum atomic E-state index is -3.74. The molecule has 86 valence electrons. The molecule has 6 nitrogen and oxygen atoms in total. The van der Waals surface area contributed by atoms with E-state index in [1.54, 1.807) is 0 Å². The molecule has 0 aliphatic heterocycles. The summed E-state index contributed by atoms with van der Waals surface area (Å²) in [4.78, 5) is 0. The standard InChI is InChI=1S/C6H15NO5S2/c1-13(9,10)7(14(2,11)12)5-3-4-6-8/h8H,3-6H2,1-2H3. The lowest BCUT2D eigenvalue weighted by atomic mass is 10.3. The van der Waals surface area contributed by atoms with Gasteiger partial charge < -0.3 is 5.11 Å². The molecule has 0 radical (unpaired) electrons. The first-order chi connectivity index (χ1) is 6.19. The molecule has 0 bridgehead atoms. The number of aliphatic hydroxyl groups is 1. The Morgan fingerprint density at radius 2 is 1.43 bits per heavy atom. The zero-order valence-corrected chi connectivity index (χ0v) is 9.81. The van der Waals surface area contributed by atoms with Crippen LogP contribution in [-0.4, -0.2) is 51.3 Å². The first-order valence-corrected chi connectivity index (χ1v) is 7.68. The Hall–Kier alpha value is -0.180. The van der Waals surface area contributed by atoms with Gasteiger partial charge in [-0.2, -0.15) is 0 Å². The van der Waals surface area contributed by atoms with Crippen molar-refractivity contribution in [2.75, 3.05) is 25.7 Å². The van der Waals surface area contributed by atoms with Crippen molar-refractivity contribution < 1.29 is 21.9 Å². The van der Waals surface area contributed by atoms with Gasteiger partial charge in [0.15, 0.2) is 0 Å². The zero-order chi connectivity index (χ0) is 11.4. The molecule has 0 aromatic heterocycles. The van der Waals surface area contributed by atoms with Gasteiger partial charge in [-0.25, -0.2) is 16.8 Å². The first kappa shape index (κ1) is 13.8. The Morgan fingerprint density at radius 3 is 1.71 bits per heavy atom. The summed E-state index contributed by atoms with van der Waals surface area (Å²) in [5.74, 6) is 0. The largest absolute Gasteiger partial charge is 0.396 e. The molecule has 0 saturated heterocycles. The molecule has 0 aromatic carbocycles. The fraction of sp³-hybridized carbons (Fsp3) is 1.00. The molecule has 0 heterocycles. The van der Waals surface area contributed by atoms with E-state index in [2.05, 4.69) is 0 Å². The van der Waals surface area contributed by atoms with Gasteiger partial charge in [0.25, 0.3) is 0 Å². The summed E-state index contributed by atoms with van der Waals surface area (Å²) in [5.41, 5.74) is 0. The van der Waals surface area contributed by atoms with Gasteiger partial charge in [-0.1, -0.05) is 3.71 Å². The Balaban J connectivity index is 4.62. The van der Waals surface area contributed by atoms with E-state index in [0.717, 1.165) is 12.5 Å². The predicted molar refractivity (Wildman–Crippen MR) is 52.7 cm³/mol. The van der Waals surface area contributed by atoms with E-state index in [0.29, 0.717) is 16.6 Å². The Bertz CT molecular complexity index is 326. The van der Waals surface area contributed by atoms with Crippen molar-refractivity contribution in [3.05, 3.63) is 0 Å². The number of hydrogen-bond acceptors (Lipinski definition) is 5.